The van der Waals surface area contributed by atoms with Crippen LogP contribution in [0.2, 0.25) is 0 Å². The molecule has 1 rings (SSSR count). The Labute approximate surface area is 99.3 Å². The molecule has 0 saturated heterocycles. The van der Waals surface area contributed by atoms with Crippen LogP contribution in [0.1, 0.15) is 10.4 Å². The van der Waals surface area contributed by atoms with Crippen molar-refractivity contribution in [2.24, 2.45) is 0 Å². The lowest BCUT2D eigenvalue weighted by molar-refractivity contribution is 0.0696. The molecular weight excluding hydrogens is 236 g/mol. The van der Waals surface area contributed by atoms with Crippen LogP contribution in [0.5, 0.6) is 17.2 Å². The van der Waals surface area contributed by atoms with Crippen molar-refractivity contribution in [3.8, 4) is 17.2 Å². The Morgan fingerprint density at radius 3 is 1.75 bits per heavy atom. The molecule has 0 heterocycles. The molecule has 0 aliphatic carbocycles. The maximum atomic E-state index is 10.8. The van der Waals surface area contributed by atoms with Gasteiger partial charge < -0.3 is 19.3 Å². The Kier molecular flexibility index (Phi) is 5.46. The Balaban J connectivity index is 0.00000225. The molecule has 0 bridgehead atoms. The first-order valence-corrected chi connectivity index (χ1v) is 4.17. The number of hydrogen-bond acceptors (Lipinski definition) is 4. The molecule has 0 saturated carbocycles. The molecule has 0 aliphatic rings. The smallest absolute Gasteiger partial charge is 0.335 e. The highest BCUT2D eigenvalue weighted by Gasteiger charge is 2.15. The summed E-state index contributed by atoms with van der Waals surface area (Å²) in [4.78, 5) is 10.8. The zero-order valence-electron chi connectivity index (χ0n) is 9.14. The van der Waals surface area contributed by atoms with E-state index in [1.54, 1.807) is 0 Å². The third-order valence-electron chi connectivity index (χ3n) is 1.91. The first-order chi connectivity index (χ1) is 7.13. The number of ether oxygens (including phenoxy) is 3. The lowest BCUT2D eigenvalue weighted by Crippen LogP contribution is -2.01. The summed E-state index contributed by atoms with van der Waals surface area (Å²) >= 11 is 0. The zero-order chi connectivity index (χ0) is 11.4. The second-order valence-corrected chi connectivity index (χ2v) is 2.72. The quantitative estimate of drug-likeness (QED) is 0.881. The van der Waals surface area contributed by atoms with Gasteiger partial charge in [-0.05, 0) is 12.1 Å². The maximum Gasteiger partial charge on any atom is 0.335 e. The molecular formula is C10H13ClO5. The van der Waals surface area contributed by atoms with Crippen molar-refractivity contribution < 1.29 is 24.1 Å². The van der Waals surface area contributed by atoms with Crippen molar-refractivity contribution in [1.82, 2.24) is 0 Å². The number of carboxylic acids is 1. The van der Waals surface area contributed by atoms with Crippen molar-refractivity contribution in [2.45, 2.75) is 0 Å². The van der Waals surface area contributed by atoms with Gasteiger partial charge in [0.15, 0.2) is 11.5 Å². The SMILES string of the molecule is COc1cc(C(=O)O)cc(OC)c1OC.Cl. The predicted octanol–water partition coefficient (Wildman–Crippen LogP) is 1.83. The Morgan fingerprint density at radius 2 is 1.50 bits per heavy atom. The molecule has 0 aromatic heterocycles. The van der Waals surface area contributed by atoms with Crippen LogP contribution in [0.25, 0.3) is 0 Å². The van der Waals surface area contributed by atoms with Crippen LogP contribution in [0.4, 0.5) is 0 Å². The molecule has 0 atom stereocenters. The molecule has 90 valence electrons. The lowest BCUT2D eigenvalue weighted by atomic mass is 10.2. The van der Waals surface area contributed by atoms with E-state index in [0.717, 1.165) is 0 Å². The van der Waals surface area contributed by atoms with Gasteiger partial charge in [-0.1, -0.05) is 0 Å². The maximum absolute atomic E-state index is 10.8. The minimum Gasteiger partial charge on any atom is -0.493 e. The standard InChI is InChI=1S/C10H12O5.ClH/c1-13-7-4-6(10(11)12)5-8(14-2)9(7)15-3;/h4-5H,1-3H3,(H,11,12);1H. The van der Waals surface area contributed by atoms with E-state index in [1.807, 2.05) is 0 Å². The van der Waals surface area contributed by atoms with Gasteiger partial charge in [0.25, 0.3) is 0 Å². The van der Waals surface area contributed by atoms with Gasteiger partial charge in [0, 0.05) is 0 Å². The van der Waals surface area contributed by atoms with Crippen molar-refractivity contribution >= 4 is 18.4 Å². The summed E-state index contributed by atoms with van der Waals surface area (Å²) in [7, 11) is 4.33. The summed E-state index contributed by atoms with van der Waals surface area (Å²) < 4.78 is 15.1. The van der Waals surface area contributed by atoms with Gasteiger partial charge in [0.1, 0.15) is 0 Å². The molecule has 5 nitrogen and oxygen atoms in total. The van der Waals surface area contributed by atoms with Gasteiger partial charge in [-0.15, -0.1) is 12.4 Å². The monoisotopic (exact) mass is 248 g/mol. The molecule has 16 heavy (non-hydrogen) atoms. The summed E-state index contributed by atoms with van der Waals surface area (Å²) in [5.74, 6) is -0.0113. The van der Waals surface area contributed by atoms with Crippen LogP contribution >= 0.6 is 12.4 Å². The number of hydrogen-bond donors (Lipinski definition) is 1. The predicted molar refractivity (Wildman–Crippen MR) is 60.3 cm³/mol. The van der Waals surface area contributed by atoms with E-state index in [-0.39, 0.29) is 18.0 Å². The first-order valence-electron chi connectivity index (χ1n) is 4.17. The summed E-state index contributed by atoms with van der Waals surface area (Å²) in [6.07, 6.45) is 0. The van der Waals surface area contributed by atoms with Crippen molar-refractivity contribution in [3.05, 3.63) is 17.7 Å². The molecule has 1 N–H and O–H groups in total. The van der Waals surface area contributed by atoms with Crippen molar-refractivity contribution in [1.29, 1.82) is 0 Å². The van der Waals surface area contributed by atoms with E-state index in [1.165, 1.54) is 33.5 Å². The fourth-order valence-electron chi connectivity index (χ4n) is 1.20. The van der Waals surface area contributed by atoms with Gasteiger partial charge in [-0.25, -0.2) is 4.79 Å². The summed E-state index contributed by atoms with van der Waals surface area (Å²) in [5, 5.41) is 8.84. The van der Waals surface area contributed by atoms with Gasteiger partial charge in [-0.2, -0.15) is 0 Å². The van der Waals surface area contributed by atoms with Crippen molar-refractivity contribution in [2.75, 3.05) is 21.3 Å². The molecule has 0 amide bonds. The second kappa shape index (κ2) is 6.07. The lowest BCUT2D eigenvalue weighted by Gasteiger charge is -2.12. The molecule has 6 heteroatoms. The number of rotatable bonds is 4. The number of carbonyl (C=O) groups is 1. The minimum atomic E-state index is -1.05. The zero-order valence-corrected chi connectivity index (χ0v) is 9.96. The Morgan fingerprint density at radius 1 is 1.06 bits per heavy atom. The number of aromatic carboxylic acids is 1. The third-order valence-corrected chi connectivity index (χ3v) is 1.91. The highest BCUT2D eigenvalue weighted by atomic mass is 35.5. The van der Waals surface area contributed by atoms with Gasteiger partial charge >= 0.3 is 5.97 Å². The molecule has 0 radical (unpaired) electrons. The van der Waals surface area contributed by atoms with E-state index in [4.69, 9.17) is 19.3 Å². The fraction of sp³-hybridized carbons (Fsp3) is 0.300. The van der Waals surface area contributed by atoms with E-state index in [9.17, 15) is 4.79 Å². The Hall–Kier alpha value is -1.62. The van der Waals surface area contributed by atoms with Crippen LogP contribution in [-0.2, 0) is 0 Å². The largest absolute Gasteiger partial charge is 0.493 e. The second-order valence-electron chi connectivity index (χ2n) is 2.72. The minimum absolute atomic E-state index is 0. The van der Waals surface area contributed by atoms with E-state index in [0.29, 0.717) is 17.2 Å². The molecule has 1 aromatic rings. The van der Waals surface area contributed by atoms with Crippen LogP contribution in [-0.4, -0.2) is 32.4 Å². The average molecular weight is 249 g/mol. The van der Waals surface area contributed by atoms with E-state index < -0.39 is 5.97 Å². The van der Waals surface area contributed by atoms with Crippen LogP contribution in [0.15, 0.2) is 12.1 Å². The molecule has 1 aromatic carbocycles. The Bertz CT molecular complexity index is 352. The van der Waals surface area contributed by atoms with E-state index >= 15 is 0 Å². The van der Waals surface area contributed by atoms with Gasteiger partial charge in [0.05, 0.1) is 26.9 Å². The normalized spacial score (nSPS) is 8.94. The molecule has 0 spiro atoms. The molecule has 0 unspecified atom stereocenters. The average Bonchev–Trinajstić information content (AvgIpc) is 2.26. The van der Waals surface area contributed by atoms with Gasteiger partial charge in [-0.3, -0.25) is 0 Å². The van der Waals surface area contributed by atoms with Crippen molar-refractivity contribution in [3.63, 3.8) is 0 Å². The van der Waals surface area contributed by atoms with Crippen LogP contribution < -0.4 is 14.2 Å². The number of halogens is 1. The highest BCUT2D eigenvalue weighted by Crippen LogP contribution is 2.38. The van der Waals surface area contributed by atoms with Crippen LogP contribution in [0, 0.1) is 0 Å². The summed E-state index contributed by atoms with van der Waals surface area (Å²) in [6, 6.07) is 2.76. The number of methoxy groups -OCH3 is 3. The third kappa shape index (κ3) is 2.70. The van der Waals surface area contributed by atoms with Crippen LogP contribution in [0.3, 0.4) is 0 Å². The molecule has 0 fully saturated rings. The highest BCUT2D eigenvalue weighted by molar-refractivity contribution is 5.89. The first kappa shape index (κ1) is 14.4. The number of carboxylic acid groups (broad SMARTS) is 1. The fourth-order valence-corrected chi connectivity index (χ4v) is 1.20. The number of benzene rings is 1. The molecule has 0 aliphatic heterocycles. The topological polar surface area (TPSA) is 65.0 Å². The summed E-state index contributed by atoms with van der Waals surface area (Å²) in [6.45, 7) is 0. The van der Waals surface area contributed by atoms with Gasteiger partial charge in [0.2, 0.25) is 5.75 Å². The summed E-state index contributed by atoms with van der Waals surface area (Å²) in [5.41, 5.74) is 0.0875. The van der Waals surface area contributed by atoms with E-state index in [2.05, 4.69) is 0 Å².